The second kappa shape index (κ2) is 12.4. The zero-order valence-corrected chi connectivity index (χ0v) is 19.9. The van der Waals surface area contributed by atoms with Crippen LogP contribution in [0.1, 0.15) is 28.8 Å². The van der Waals surface area contributed by atoms with Crippen molar-refractivity contribution in [3.63, 3.8) is 0 Å². The number of likely N-dealkylation sites (tertiary alicyclic amines) is 1. The Morgan fingerprint density at radius 1 is 1.36 bits per heavy atom. The summed E-state index contributed by atoms with van der Waals surface area (Å²) in [5, 5.41) is 4.60. The second-order valence-electron chi connectivity index (χ2n) is 6.95. The number of guanidine groups is 1. The number of nitrogens with one attached hydrogen (secondary N) is 1. The van der Waals surface area contributed by atoms with E-state index >= 15 is 0 Å². The Bertz CT molecular complexity index is 722. The number of hydrogen-bond donors (Lipinski definition) is 1. The highest BCUT2D eigenvalue weighted by Crippen LogP contribution is 2.18. The fourth-order valence-corrected chi connectivity index (χ4v) is 4.05. The van der Waals surface area contributed by atoms with Crippen molar-refractivity contribution in [3.05, 3.63) is 52.0 Å². The highest BCUT2D eigenvalue weighted by atomic mass is 127. The van der Waals surface area contributed by atoms with Crippen LogP contribution in [-0.4, -0.2) is 48.6 Å². The summed E-state index contributed by atoms with van der Waals surface area (Å²) in [5.41, 5.74) is 1.24. The van der Waals surface area contributed by atoms with E-state index < -0.39 is 0 Å². The van der Waals surface area contributed by atoms with Crippen LogP contribution in [0.5, 0.6) is 0 Å². The van der Waals surface area contributed by atoms with Gasteiger partial charge in [0.25, 0.3) is 0 Å². The molecule has 1 aliphatic heterocycles. The molecule has 0 amide bonds. The van der Waals surface area contributed by atoms with Gasteiger partial charge in [-0.3, -0.25) is 4.99 Å². The first-order valence-electron chi connectivity index (χ1n) is 9.81. The molecule has 1 saturated heterocycles. The van der Waals surface area contributed by atoms with E-state index in [2.05, 4.69) is 53.3 Å². The van der Waals surface area contributed by atoms with E-state index in [0.29, 0.717) is 12.5 Å². The fourth-order valence-electron chi connectivity index (χ4n) is 3.28. The molecule has 0 aliphatic carbocycles. The zero-order chi connectivity index (χ0) is 18.9. The van der Waals surface area contributed by atoms with Gasteiger partial charge in [-0.1, -0.05) is 30.3 Å². The van der Waals surface area contributed by atoms with Crippen LogP contribution in [0, 0.1) is 12.8 Å². The number of halogens is 1. The first-order chi connectivity index (χ1) is 13.2. The molecule has 3 rings (SSSR count). The van der Waals surface area contributed by atoms with Crippen LogP contribution in [0.15, 0.2) is 41.5 Å². The van der Waals surface area contributed by atoms with Crippen molar-refractivity contribution in [2.45, 2.75) is 33.3 Å². The smallest absolute Gasteiger partial charge is 0.193 e. The number of nitrogens with zero attached hydrogens (tertiary/aromatic N) is 3. The van der Waals surface area contributed by atoms with Gasteiger partial charge in [-0.25, -0.2) is 4.98 Å². The molecule has 28 heavy (non-hydrogen) atoms. The molecule has 2 heterocycles. The van der Waals surface area contributed by atoms with E-state index in [1.165, 1.54) is 15.4 Å². The van der Waals surface area contributed by atoms with Gasteiger partial charge >= 0.3 is 0 Å². The number of hydrogen-bond acceptors (Lipinski definition) is 4. The molecule has 0 saturated carbocycles. The molecule has 1 aliphatic rings. The van der Waals surface area contributed by atoms with Crippen LogP contribution in [0.25, 0.3) is 0 Å². The van der Waals surface area contributed by atoms with Crippen molar-refractivity contribution in [1.82, 2.24) is 15.2 Å². The van der Waals surface area contributed by atoms with E-state index in [9.17, 15) is 0 Å². The predicted molar refractivity (Wildman–Crippen MR) is 128 cm³/mol. The summed E-state index contributed by atoms with van der Waals surface area (Å²) in [6.45, 7) is 9.44. The lowest BCUT2D eigenvalue weighted by Crippen LogP contribution is -2.40. The Morgan fingerprint density at radius 3 is 2.89 bits per heavy atom. The minimum Gasteiger partial charge on any atom is -0.376 e. The standard InChI is InChI=1S/C21H30N4OS.HI/c1-3-22-21(23-11-9-20-24-13-17(2)27-20)25-12-10-19(14-25)16-26-15-18-7-5-4-6-8-18;/h4-8,13,19H,3,9-12,14-16H2,1-2H3,(H,22,23);1H. The first-order valence-corrected chi connectivity index (χ1v) is 10.6. The normalized spacial score (nSPS) is 16.9. The molecular weight excluding hydrogens is 483 g/mol. The minimum absolute atomic E-state index is 0. The molecule has 0 spiro atoms. The summed E-state index contributed by atoms with van der Waals surface area (Å²) in [7, 11) is 0. The van der Waals surface area contributed by atoms with Crippen LogP contribution in [0.2, 0.25) is 0 Å². The number of thiazole rings is 1. The van der Waals surface area contributed by atoms with Crippen LogP contribution in [0.4, 0.5) is 0 Å². The van der Waals surface area contributed by atoms with Crippen molar-refractivity contribution < 1.29 is 4.74 Å². The lowest BCUT2D eigenvalue weighted by atomic mass is 10.1. The van der Waals surface area contributed by atoms with Gasteiger partial charge in [-0.15, -0.1) is 35.3 Å². The maximum atomic E-state index is 5.94. The average Bonchev–Trinajstić information content (AvgIpc) is 3.31. The lowest BCUT2D eigenvalue weighted by molar-refractivity contribution is 0.0907. The maximum absolute atomic E-state index is 5.94. The molecule has 1 unspecified atom stereocenters. The van der Waals surface area contributed by atoms with E-state index in [1.807, 2.05) is 12.3 Å². The number of ether oxygens (including phenoxy) is 1. The van der Waals surface area contributed by atoms with Gasteiger partial charge in [-0.2, -0.15) is 0 Å². The third-order valence-corrected chi connectivity index (χ3v) is 5.61. The summed E-state index contributed by atoms with van der Waals surface area (Å²) in [6, 6.07) is 10.4. The van der Waals surface area contributed by atoms with Gasteiger partial charge in [0.1, 0.15) is 0 Å². The molecule has 0 radical (unpaired) electrons. The average molecular weight is 514 g/mol. The zero-order valence-electron chi connectivity index (χ0n) is 16.8. The quantitative estimate of drug-likeness (QED) is 0.327. The summed E-state index contributed by atoms with van der Waals surface area (Å²) in [5.74, 6) is 1.59. The van der Waals surface area contributed by atoms with Crippen molar-refractivity contribution >= 4 is 41.3 Å². The van der Waals surface area contributed by atoms with E-state index in [0.717, 1.165) is 51.6 Å². The summed E-state index contributed by atoms with van der Waals surface area (Å²) in [4.78, 5) is 12.9. The number of aromatic nitrogens is 1. The number of aliphatic imine (C=N–C) groups is 1. The largest absolute Gasteiger partial charge is 0.376 e. The van der Waals surface area contributed by atoms with Gasteiger partial charge in [0, 0.05) is 49.6 Å². The Hall–Kier alpha value is -1.19. The monoisotopic (exact) mass is 514 g/mol. The molecule has 2 aromatic rings. The van der Waals surface area contributed by atoms with Crippen LogP contribution >= 0.6 is 35.3 Å². The van der Waals surface area contributed by atoms with Crippen molar-refractivity contribution in [3.8, 4) is 0 Å². The Balaban J connectivity index is 0.00000280. The number of aryl methyl sites for hydroxylation is 1. The van der Waals surface area contributed by atoms with Gasteiger partial charge in [0.2, 0.25) is 0 Å². The van der Waals surface area contributed by atoms with Crippen molar-refractivity contribution in [1.29, 1.82) is 0 Å². The molecule has 1 aromatic carbocycles. The SMILES string of the molecule is CCNC(=NCCc1ncc(C)s1)N1CCC(COCc2ccccc2)C1.I. The predicted octanol–water partition coefficient (Wildman–Crippen LogP) is 4.12. The Labute approximate surface area is 189 Å². The number of benzene rings is 1. The van der Waals surface area contributed by atoms with E-state index in [-0.39, 0.29) is 24.0 Å². The topological polar surface area (TPSA) is 49.8 Å². The molecule has 1 N–H and O–H groups in total. The minimum atomic E-state index is 0. The second-order valence-corrected chi connectivity index (χ2v) is 8.27. The van der Waals surface area contributed by atoms with E-state index in [4.69, 9.17) is 9.73 Å². The molecular formula is C21H31IN4OS. The van der Waals surface area contributed by atoms with Crippen LogP contribution in [-0.2, 0) is 17.8 Å². The molecule has 7 heteroatoms. The number of rotatable bonds is 8. The van der Waals surface area contributed by atoms with Crippen molar-refractivity contribution in [2.24, 2.45) is 10.9 Å². The van der Waals surface area contributed by atoms with Crippen LogP contribution < -0.4 is 5.32 Å². The van der Waals surface area contributed by atoms with Gasteiger partial charge in [0.05, 0.1) is 18.2 Å². The summed E-state index contributed by atoms with van der Waals surface area (Å²) in [6.07, 6.45) is 4.01. The first kappa shape index (κ1) is 23.1. The van der Waals surface area contributed by atoms with Gasteiger partial charge in [-0.05, 0) is 25.8 Å². The van der Waals surface area contributed by atoms with Crippen molar-refractivity contribution in [2.75, 3.05) is 32.8 Å². The van der Waals surface area contributed by atoms with Gasteiger partial charge in [0.15, 0.2) is 5.96 Å². The highest BCUT2D eigenvalue weighted by Gasteiger charge is 2.24. The fraction of sp³-hybridized carbons (Fsp3) is 0.524. The molecule has 5 nitrogen and oxygen atoms in total. The van der Waals surface area contributed by atoms with Gasteiger partial charge < -0.3 is 15.0 Å². The summed E-state index contributed by atoms with van der Waals surface area (Å²) < 4.78 is 5.94. The third-order valence-electron chi connectivity index (χ3n) is 4.64. The highest BCUT2D eigenvalue weighted by molar-refractivity contribution is 14.0. The third kappa shape index (κ3) is 7.33. The Morgan fingerprint density at radius 2 is 2.18 bits per heavy atom. The molecule has 0 bridgehead atoms. The molecule has 154 valence electrons. The molecule has 1 atom stereocenters. The summed E-state index contributed by atoms with van der Waals surface area (Å²) >= 11 is 1.76. The maximum Gasteiger partial charge on any atom is 0.193 e. The van der Waals surface area contributed by atoms with E-state index in [1.54, 1.807) is 11.3 Å². The molecule has 1 aromatic heterocycles. The Kier molecular flexibility index (Phi) is 10.2. The van der Waals surface area contributed by atoms with Crippen LogP contribution in [0.3, 0.4) is 0 Å². The molecule has 1 fully saturated rings. The lowest BCUT2D eigenvalue weighted by Gasteiger charge is -2.21.